The van der Waals surface area contributed by atoms with Gasteiger partial charge in [-0.3, -0.25) is 14.5 Å². The van der Waals surface area contributed by atoms with E-state index in [0.29, 0.717) is 18.7 Å². The second-order valence-corrected chi connectivity index (χ2v) is 9.18. The molecule has 2 aromatic carbocycles. The molecule has 0 saturated carbocycles. The lowest BCUT2D eigenvalue weighted by atomic mass is 9.97. The molecule has 5 rings (SSSR count). The van der Waals surface area contributed by atoms with Gasteiger partial charge in [-0.15, -0.1) is 0 Å². The Morgan fingerprint density at radius 3 is 2.61 bits per heavy atom. The molecule has 1 saturated heterocycles. The van der Waals surface area contributed by atoms with Gasteiger partial charge in [-0.1, -0.05) is 18.2 Å². The summed E-state index contributed by atoms with van der Waals surface area (Å²) in [5, 5.41) is 9.26. The fourth-order valence-electron chi connectivity index (χ4n) is 4.84. The first kappa shape index (κ1) is 23.8. The molecule has 186 valence electrons. The highest BCUT2D eigenvalue weighted by molar-refractivity contribution is 6.03. The van der Waals surface area contributed by atoms with Crippen molar-refractivity contribution in [1.82, 2.24) is 9.91 Å². The summed E-state index contributed by atoms with van der Waals surface area (Å²) in [6, 6.07) is 20.5. The topological polar surface area (TPSA) is 87.4 Å². The molecule has 1 fully saturated rings. The van der Waals surface area contributed by atoms with Gasteiger partial charge in [-0.2, -0.15) is 5.10 Å². The number of furan rings is 1. The molecule has 8 heteroatoms. The SMILES string of the molecule is COc1ccc(C2=NN(C(=O)CN3CCC[C@H](C(=O)Nc4ccccc4)C3)[C@H](c3ccco3)C2)cc1. The Hall–Kier alpha value is -3.91. The number of amides is 2. The highest BCUT2D eigenvalue weighted by Crippen LogP contribution is 2.33. The molecule has 2 atom stereocenters. The summed E-state index contributed by atoms with van der Waals surface area (Å²) in [7, 11) is 1.63. The summed E-state index contributed by atoms with van der Waals surface area (Å²) in [4.78, 5) is 28.4. The maximum absolute atomic E-state index is 13.5. The van der Waals surface area contributed by atoms with Gasteiger partial charge in [0.2, 0.25) is 5.91 Å². The van der Waals surface area contributed by atoms with Crippen LogP contribution in [0.4, 0.5) is 5.69 Å². The van der Waals surface area contributed by atoms with E-state index in [1.807, 2.05) is 66.7 Å². The number of anilines is 1. The van der Waals surface area contributed by atoms with Gasteiger partial charge in [0.25, 0.3) is 5.91 Å². The molecular weight excluding hydrogens is 456 g/mol. The van der Waals surface area contributed by atoms with E-state index in [9.17, 15) is 9.59 Å². The van der Waals surface area contributed by atoms with Gasteiger partial charge in [0.1, 0.15) is 17.6 Å². The van der Waals surface area contributed by atoms with E-state index in [1.54, 1.807) is 18.4 Å². The number of carbonyl (C=O) groups is 2. The molecule has 0 radical (unpaired) electrons. The first-order valence-corrected chi connectivity index (χ1v) is 12.3. The monoisotopic (exact) mass is 486 g/mol. The third-order valence-corrected chi connectivity index (χ3v) is 6.74. The van der Waals surface area contributed by atoms with Crippen LogP contribution in [0.15, 0.2) is 82.5 Å². The van der Waals surface area contributed by atoms with Crippen LogP contribution in [0.2, 0.25) is 0 Å². The zero-order valence-electron chi connectivity index (χ0n) is 20.3. The number of benzene rings is 2. The van der Waals surface area contributed by atoms with Crippen LogP contribution in [0, 0.1) is 5.92 Å². The second-order valence-electron chi connectivity index (χ2n) is 9.18. The zero-order chi connectivity index (χ0) is 24.9. The van der Waals surface area contributed by atoms with Gasteiger partial charge in [-0.25, -0.2) is 5.01 Å². The van der Waals surface area contributed by atoms with Gasteiger partial charge in [-0.05, 0) is 73.5 Å². The van der Waals surface area contributed by atoms with Gasteiger partial charge >= 0.3 is 0 Å². The lowest BCUT2D eigenvalue weighted by Crippen LogP contribution is -2.45. The van der Waals surface area contributed by atoms with Crippen LogP contribution >= 0.6 is 0 Å². The van der Waals surface area contributed by atoms with Crippen LogP contribution in [0.1, 0.15) is 36.6 Å². The number of hydrogen-bond acceptors (Lipinski definition) is 6. The van der Waals surface area contributed by atoms with Crippen LogP contribution in [0.5, 0.6) is 5.75 Å². The Labute approximate surface area is 210 Å². The Kier molecular flexibility index (Phi) is 7.13. The van der Waals surface area contributed by atoms with E-state index < -0.39 is 0 Å². The fourth-order valence-corrected chi connectivity index (χ4v) is 4.84. The molecular formula is C28H30N4O4. The Balaban J connectivity index is 1.27. The van der Waals surface area contributed by atoms with Crippen LogP contribution in [-0.4, -0.2) is 54.2 Å². The largest absolute Gasteiger partial charge is 0.497 e. The average Bonchev–Trinajstić information content (AvgIpc) is 3.60. The molecule has 1 N–H and O–H groups in total. The maximum atomic E-state index is 13.5. The van der Waals surface area contributed by atoms with Crippen LogP contribution in [0.3, 0.4) is 0 Å². The number of nitrogens with one attached hydrogen (secondary N) is 1. The molecule has 3 aromatic rings. The Morgan fingerprint density at radius 1 is 1.08 bits per heavy atom. The molecule has 0 spiro atoms. The molecule has 0 aliphatic carbocycles. The molecule has 2 amide bonds. The quantitative estimate of drug-likeness (QED) is 0.538. The van der Waals surface area contributed by atoms with E-state index in [4.69, 9.17) is 14.3 Å². The van der Waals surface area contributed by atoms with Crippen LogP contribution in [-0.2, 0) is 9.59 Å². The number of likely N-dealkylation sites (tertiary alicyclic amines) is 1. The molecule has 36 heavy (non-hydrogen) atoms. The number of nitrogens with zero attached hydrogens (tertiary/aromatic N) is 3. The molecule has 2 aliphatic rings. The third-order valence-electron chi connectivity index (χ3n) is 6.74. The predicted molar refractivity (Wildman–Crippen MR) is 137 cm³/mol. The van der Waals surface area contributed by atoms with Crippen molar-refractivity contribution in [3.8, 4) is 5.75 Å². The summed E-state index contributed by atoms with van der Waals surface area (Å²) in [5.41, 5.74) is 2.55. The lowest BCUT2D eigenvalue weighted by Gasteiger charge is -2.32. The van der Waals surface area contributed by atoms with Gasteiger partial charge < -0.3 is 14.5 Å². The predicted octanol–water partition coefficient (Wildman–Crippen LogP) is 4.32. The van der Waals surface area contributed by atoms with E-state index in [1.165, 1.54) is 0 Å². The number of carbonyl (C=O) groups excluding carboxylic acids is 2. The molecule has 0 unspecified atom stereocenters. The number of hydrazone groups is 1. The minimum absolute atomic E-state index is 0.00667. The molecule has 1 aromatic heterocycles. The van der Waals surface area contributed by atoms with Crippen LogP contribution < -0.4 is 10.1 Å². The Morgan fingerprint density at radius 2 is 1.89 bits per heavy atom. The number of hydrogen-bond donors (Lipinski definition) is 1. The van der Waals surface area contributed by atoms with Crippen molar-refractivity contribution in [2.75, 3.05) is 32.1 Å². The van der Waals surface area contributed by atoms with Gasteiger partial charge in [0.05, 0.1) is 31.5 Å². The molecule has 2 aliphatic heterocycles. The molecule has 8 nitrogen and oxygen atoms in total. The molecule has 3 heterocycles. The summed E-state index contributed by atoms with van der Waals surface area (Å²) >= 11 is 0. The van der Waals surface area contributed by atoms with E-state index >= 15 is 0 Å². The maximum Gasteiger partial charge on any atom is 0.257 e. The molecule has 0 bridgehead atoms. The first-order chi connectivity index (χ1) is 17.6. The third kappa shape index (κ3) is 5.33. The average molecular weight is 487 g/mol. The van der Waals surface area contributed by atoms with Crippen molar-refractivity contribution in [2.24, 2.45) is 11.0 Å². The normalized spacial score (nSPS) is 20.1. The zero-order valence-corrected chi connectivity index (χ0v) is 20.3. The number of methoxy groups -OCH3 is 1. The number of para-hydroxylation sites is 1. The van der Waals surface area contributed by atoms with Crippen molar-refractivity contribution in [3.05, 3.63) is 84.3 Å². The lowest BCUT2D eigenvalue weighted by molar-refractivity contribution is -0.136. The number of rotatable bonds is 7. The van der Waals surface area contributed by atoms with Gasteiger partial charge in [0.15, 0.2) is 0 Å². The highest BCUT2D eigenvalue weighted by Gasteiger charge is 2.36. The van der Waals surface area contributed by atoms with Crippen LogP contribution in [0.25, 0.3) is 0 Å². The highest BCUT2D eigenvalue weighted by atomic mass is 16.5. The summed E-state index contributed by atoms with van der Waals surface area (Å²) < 4.78 is 10.9. The number of piperidine rings is 1. The van der Waals surface area contributed by atoms with E-state index in [2.05, 4.69) is 10.2 Å². The summed E-state index contributed by atoms with van der Waals surface area (Å²) in [6.07, 6.45) is 3.85. The summed E-state index contributed by atoms with van der Waals surface area (Å²) in [6.45, 7) is 1.51. The fraction of sp³-hybridized carbons (Fsp3) is 0.321. The van der Waals surface area contributed by atoms with Crippen molar-refractivity contribution in [2.45, 2.75) is 25.3 Å². The van der Waals surface area contributed by atoms with E-state index in [0.717, 1.165) is 42.1 Å². The van der Waals surface area contributed by atoms with Crippen molar-refractivity contribution >= 4 is 23.2 Å². The van der Waals surface area contributed by atoms with Crippen molar-refractivity contribution in [1.29, 1.82) is 0 Å². The first-order valence-electron chi connectivity index (χ1n) is 12.3. The summed E-state index contributed by atoms with van der Waals surface area (Å²) in [5.74, 6) is 1.19. The standard InChI is InChI=1S/C28H30N4O4/c1-35-23-13-11-20(12-14-23)24-17-25(26-10-6-16-36-26)32(30-24)27(33)19-31-15-5-7-21(18-31)28(34)29-22-8-3-2-4-9-22/h2-4,6,8-14,16,21,25H,5,7,15,17-19H2,1H3,(H,29,34)/t21-,25-/m0/s1. The van der Waals surface area contributed by atoms with Gasteiger partial charge in [0, 0.05) is 18.7 Å². The second kappa shape index (κ2) is 10.8. The van der Waals surface area contributed by atoms with E-state index in [-0.39, 0.29) is 30.3 Å². The minimum atomic E-state index is -0.299. The van der Waals surface area contributed by atoms with Crippen molar-refractivity contribution < 1.29 is 18.7 Å². The van der Waals surface area contributed by atoms with Crippen molar-refractivity contribution in [3.63, 3.8) is 0 Å². The minimum Gasteiger partial charge on any atom is -0.497 e. The number of ether oxygens (including phenoxy) is 1. The smallest absolute Gasteiger partial charge is 0.257 e. The Bertz CT molecular complexity index is 1210.